The van der Waals surface area contributed by atoms with Crippen LogP contribution in [0.4, 0.5) is 0 Å². The van der Waals surface area contributed by atoms with Crippen molar-refractivity contribution in [3.8, 4) is 11.3 Å². The Morgan fingerprint density at radius 1 is 0.688 bits per heavy atom. The number of aromatic nitrogens is 1. The zero-order valence-corrected chi connectivity index (χ0v) is 27.1. The van der Waals surface area contributed by atoms with E-state index in [1.807, 2.05) is 52.3 Å². The van der Waals surface area contributed by atoms with Gasteiger partial charge in [0.05, 0.1) is 17.8 Å². The van der Waals surface area contributed by atoms with Gasteiger partial charge in [0, 0.05) is 55.3 Å². The number of hydrogen-bond donors (Lipinski definition) is 0. The van der Waals surface area contributed by atoms with Gasteiger partial charge >= 0.3 is 0 Å². The van der Waals surface area contributed by atoms with Crippen LogP contribution in [0.3, 0.4) is 0 Å². The molecule has 1 unspecified atom stereocenters. The Balaban J connectivity index is 1.10. The third kappa shape index (κ3) is 5.19. The number of hydrogen-bond acceptors (Lipinski definition) is 3. The second kappa shape index (κ2) is 12.6. The Kier molecular flexibility index (Phi) is 7.87. The molecule has 2 amide bonds. The second-order valence-electron chi connectivity index (χ2n) is 12.8. The summed E-state index contributed by atoms with van der Waals surface area (Å²) in [5.41, 5.74) is 8.40. The van der Waals surface area contributed by atoms with Gasteiger partial charge in [-0.3, -0.25) is 14.5 Å². The summed E-state index contributed by atoms with van der Waals surface area (Å²) in [4.78, 5) is 34.6. The average Bonchev–Trinajstić information content (AvgIpc) is 3.59. The lowest BCUT2D eigenvalue weighted by Crippen LogP contribution is -2.52. The van der Waals surface area contributed by atoms with E-state index < -0.39 is 0 Å². The number of fused-ring (bicyclic) bond motifs is 2. The molecule has 2 aliphatic heterocycles. The molecule has 2 aliphatic rings. The van der Waals surface area contributed by atoms with Crippen LogP contribution in [0.25, 0.3) is 22.2 Å². The number of aryl methyl sites for hydroxylation is 1. The zero-order chi connectivity index (χ0) is 32.6. The standard InChI is InChI=1S/C42H38N4O2/c1-43-36-24-14-13-23-35(36)38(40(43)32-19-9-4-10-20-32)41-33-21-11-12-22-34(33)42(48)46(41)29-37(47)44-25-27-45(28-26-44)39(30-15-5-2-6-16-30)31-17-7-3-8-18-31/h2-24,39,41H,25-29H2,1H3. The van der Waals surface area contributed by atoms with Gasteiger partial charge < -0.3 is 14.4 Å². The Labute approximate surface area is 281 Å². The molecule has 1 saturated heterocycles. The highest BCUT2D eigenvalue weighted by Crippen LogP contribution is 2.46. The molecule has 1 atom stereocenters. The molecule has 0 N–H and O–H groups in total. The Bertz CT molecular complexity index is 2040. The van der Waals surface area contributed by atoms with Gasteiger partial charge in [0.1, 0.15) is 6.54 Å². The molecular weight excluding hydrogens is 592 g/mol. The van der Waals surface area contributed by atoms with Crippen molar-refractivity contribution < 1.29 is 9.59 Å². The number of carbonyl (C=O) groups is 2. The molecule has 0 radical (unpaired) electrons. The maximum Gasteiger partial charge on any atom is 0.255 e. The summed E-state index contributed by atoms with van der Waals surface area (Å²) in [6.07, 6.45) is 0. The van der Waals surface area contributed by atoms with Gasteiger partial charge in [-0.05, 0) is 34.4 Å². The van der Waals surface area contributed by atoms with Crippen LogP contribution < -0.4 is 0 Å². The van der Waals surface area contributed by atoms with Crippen molar-refractivity contribution in [1.29, 1.82) is 0 Å². The number of piperazine rings is 1. The minimum Gasteiger partial charge on any atom is -0.343 e. The molecule has 48 heavy (non-hydrogen) atoms. The molecule has 6 nitrogen and oxygen atoms in total. The first-order valence-corrected chi connectivity index (χ1v) is 16.7. The highest BCUT2D eigenvalue weighted by atomic mass is 16.2. The Hall–Kier alpha value is -5.46. The van der Waals surface area contributed by atoms with Crippen LogP contribution in [0, 0.1) is 0 Å². The van der Waals surface area contributed by atoms with Crippen LogP contribution >= 0.6 is 0 Å². The molecule has 0 spiro atoms. The van der Waals surface area contributed by atoms with Crippen LogP contribution in [-0.4, -0.2) is 63.8 Å². The van der Waals surface area contributed by atoms with E-state index in [2.05, 4.69) is 114 Å². The summed E-state index contributed by atoms with van der Waals surface area (Å²) in [7, 11) is 2.09. The lowest BCUT2D eigenvalue weighted by molar-refractivity contribution is -0.134. The third-order valence-electron chi connectivity index (χ3n) is 10.1. The van der Waals surface area contributed by atoms with E-state index >= 15 is 0 Å². The van der Waals surface area contributed by atoms with Gasteiger partial charge in [0.2, 0.25) is 5.91 Å². The SMILES string of the molecule is Cn1c(-c2ccccc2)c(C2c3ccccc3C(=O)N2CC(=O)N2CCN(C(c3ccccc3)c3ccccc3)CC2)c2ccccc21. The van der Waals surface area contributed by atoms with Gasteiger partial charge in [-0.1, -0.05) is 127 Å². The van der Waals surface area contributed by atoms with Crippen molar-refractivity contribution in [3.63, 3.8) is 0 Å². The Morgan fingerprint density at radius 3 is 1.92 bits per heavy atom. The summed E-state index contributed by atoms with van der Waals surface area (Å²) >= 11 is 0. The number of nitrogens with zero attached hydrogens (tertiary/aromatic N) is 4. The summed E-state index contributed by atoms with van der Waals surface area (Å²) in [6, 6.07) is 47.5. The minimum absolute atomic E-state index is 0.0155. The van der Waals surface area contributed by atoms with E-state index in [1.165, 1.54) is 11.1 Å². The van der Waals surface area contributed by atoms with Crippen molar-refractivity contribution in [3.05, 3.63) is 167 Å². The van der Waals surface area contributed by atoms with Crippen LogP contribution in [0.1, 0.15) is 44.7 Å². The third-order valence-corrected chi connectivity index (χ3v) is 10.1. The molecule has 0 saturated carbocycles. The van der Waals surface area contributed by atoms with Crippen molar-refractivity contribution in [2.45, 2.75) is 12.1 Å². The van der Waals surface area contributed by atoms with Crippen LogP contribution in [0.5, 0.6) is 0 Å². The molecule has 6 heteroatoms. The smallest absolute Gasteiger partial charge is 0.255 e. The summed E-state index contributed by atoms with van der Waals surface area (Å²) in [6.45, 7) is 2.74. The predicted molar refractivity (Wildman–Crippen MR) is 191 cm³/mol. The summed E-state index contributed by atoms with van der Waals surface area (Å²) in [5.74, 6) is -0.110. The predicted octanol–water partition coefficient (Wildman–Crippen LogP) is 7.32. The van der Waals surface area contributed by atoms with E-state index in [-0.39, 0.29) is 30.4 Å². The van der Waals surface area contributed by atoms with Crippen molar-refractivity contribution in [2.75, 3.05) is 32.7 Å². The van der Waals surface area contributed by atoms with Gasteiger partial charge in [-0.2, -0.15) is 0 Å². The molecular formula is C42H38N4O2. The lowest BCUT2D eigenvalue weighted by Gasteiger charge is -2.40. The molecule has 8 rings (SSSR count). The quantitative estimate of drug-likeness (QED) is 0.186. The average molecular weight is 631 g/mol. The van der Waals surface area contributed by atoms with Crippen molar-refractivity contribution in [2.24, 2.45) is 7.05 Å². The highest BCUT2D eigenvalue weighted by molar-refractivity contribution is 6.03. The van der Waals surface area contributed by atoms with Gasteiger partial charge in [0.25, 0.3) is 5.91 Å². The van der Waals surface area contributed by atoms with Crippen LogP contribution in [0.2, 0.25) is 0 Å². The van der Waals surface area contributed by atoms with E-state index in [4.69, 9.17) is 0 Å². The van der Waals surface area contributed by atoms with Crippen molar-refractivity contribution in [1.82, 2.24) is 19.3 Å². The molecule has 1 fully saturated rings. The first-order chi connectivity index (χ1) is 23.6. The largest absolute Gasteiger partial charge is 0.343 e. The number of rotatable bonds is 7. The van der Waals surface area contributed by atoms with Gasteiger partial charge in [-0.25, -0.2) is 0 Å². The zero-order valence-electron chi connectivity index (χ0n) is 27.1. The van der Waals surface area contributed by atoms with E-state index in [0.717, 1.165) is 46.4 Å². The van der Waals surface area contributed by atoms with Crippen molar-refractivity contribution >= 4 is 22.7 Å². The first-order valence-electron chi connectivity index (χ1n) is 16.7. The van der Waals surface area contributed by atoms with Gasteiger partial charge in [-0.15, -0.1) is 0 Å². The second-order valence-corrected chi connectivity index (χ2v) is 12.8. The number of benzene rings is 5. The molecule has 1 aromatic heterocycles. The number of amides is 2. The first kappa shape index (κ1) is 29.9. The Morgan fingerprint density at radius 2 is 1.25 bits per heavy atom. The van der Waals surface area contributed by atoms with Crippen LogP contribution in [-0.2, 0) is 11.8 Å². The monoisotopic (exact) mass is 630 g/mol. The maximum absolute atomic E-state index is 14.2. The summed E-state index contributed by atoms with van der Waals surface area (Å²) < 4.78 is 2.22. The number of carbonyl (C=O) groups excluding carboxylic acids is 2. The fraction of sp³-hybridized carbons (Fsp3) is 0.190. The van der Waals surface area contributed by atoms with E-state index in [9.17, 15) is 9.59 Å². The topological polar surface area (TPSA) is 48.8 Å². The molecule has 6 aromatic rings. The molecule has 0 aliphatic carbocycles. The minimum atomic E-state index is -0.388. The molecule has 0 bridgehead atoms. The van der Waals surface area contributed by atoms with E-state index in [0.29, 0.717) is 18.7 Å². The fourth-order valence-electron chi connectivity index (χ4n) is 7.85. The normalized spacial score (nSPS) is 16.5. The highest BCUT2D eigenvalue weighted by Gasteiger charge is 2.42. The van der Waals surface area contributed by atoms with Crippen LogP contribution in [0.15, 0.2) is 140 Å². The lowest BCUT2D eigenvalue weighted by atomic mass is 9.93. The number of para-hydroxylation sites is 1. The summed E-state index contributed by atoms with van der Waals surface area (Å²) in [5, 5.41) is 1.09. The molecule has 5 aromatic carbocycles. The fourth-order valence-corrected chi connectivity index (χ4v) is 7.85. The maximum atomic E-state index is 14.2. The molecule has 3 heterocycles. The van der Waals surface area contributed by atoms with E-state index in [1.54, 1.807) is 0 Å². The molecule has 238 valence electrons. The van der Waals surface area contributed by atoms with Gasteiger partial charge in [0.15, 0.2) is 0 Å².